The molecule has 2 aromatic carbocycles. The van der Waals surface area contributed by atoms with Crippen LogP contribution in [0.15, 0.2) is 30.3 Å². The summed E-state index contributed by atoms with van der Waals surface area (Å²) in [6.45, 7) is 16.6. The number of rotatable bonds is 12. The number of benzene rings is 2. The summed E-state index contributed by atoms with van der Waals surface area (Å²) in [5.41, 5.74) is 6.25. The van der Waals surface area contributed by atoms with E-state index in [2.05, 4.69) is 50.6 Å². The first-order valence-corrected chi connectivity index (χ1v) is 14.3. The van der Waals surface area contributed by atoms with Gasteiger partial charge in [-0.3, -0.25) is 9.35 Å². The Balaban J connectivity index is 2.84. The van der Waals surface area contributed by atoms with E-state index in [0.717, 1.165) is 53.5 Å². The fourth-order valence-electron chi connectivity index (χ4n) is 4.67. The van der Waals surface area contributed by atoms with Crippen LogP contribution in [0.2, 0.25) is 0 Å². The molecule has 2 aromatic rings. The summed E-state index contributed by atoms with van der Waals surface area (Å²) in [6.07, 6.45) is 3.57. The maximum atomic E-state index is 14.1. The molecule has 0 aliphatic heterocycles. The van der Waals surface area contributed by atoms with Gasteiger partial charge in [0.25, 0.3) is 0 Å². The van der Waals surface area contributed by atoms with Crippen molar-refractivity contribution < 1.29 is 17.8 Å². The summed E-state index contributed by atoms with van der Waals surface area (Å²) in [4.78, 5) is 14.1. The maximum absolute atomic E-state index is 14.1. The van der Waals surface area contributed by atoms with Gasteiger partial charge in [0.05, 0.1) is 0 Å². The van der Waals surface area contributed by atoms with E-state index in [4.69, 9.17) is 0 Å². The lowest BCUT2D eigenvalue weighted by Gasteiger charge is -2.28. The fraction of sp³-hybridized carbons (Fsp3) is 0.552. The van der Waals surface area contributed by atoms with Crippen molar-refractivity contribution in [2.24, 2.45) is 0 Å². The third kappa shape index (κ3) is 7.73. The Morgan fingerprint density at radius 1 is 0.800 bits per heavy atom. The molecule has 0 fully saturated rings. The highest BCUT2D eigenvalue weighted by Gasteiger charge is 2.32. The number of carbonyl (C=O) groups excluding carboxylic acids is 1. The lowest BCUT2D eigenvalue weighted by Crippen LogP contribution is -2.35. The van der Waals surface area contributed by atoms with Crippen LogP contribution in [0, 0.1) is 0 Å². The molecular formula is C29H43NO4S. The molecule has 6 heteroatoms. The monoisotopic (exact) mass is 501 g/mol. The van der Waals surface area contributed by atoms with Gasteiger partial charge in [0, 0.05) is 5.56 Å². The summed E-state index contributed by atoms with van der Waals surface area (Å²) in [5.74, 6) is 0.0487. The zero-order valence-corrected chi connectivity index (χ0v) is 23.4. The minimum absolute atomic E-state index is 0.0572. The van der Waals surface area contributed by atoms with Gasteiger partial charge in [-0.15, -0.1) is 0 Å². The van der Waals surface area contributed by atoms with E-state index in [1.807, 2.05) is 39.8 Å². The van der Waals surface area contributed by atoms with Gasteiger partial charge < -0.3 is 0 Å². The zero-order valence-electron chi connectivity index (χ0n) is 22.6. The molecule has 0 aromatic heterocycles. The lowest BCUT2D eigenvalue weighted by atomic mass is 9.80. The van der Waals surface area contributed by atoms with Crippen molar-refractivity contribution >= 4 is 16.1 Å². The summed E-state index contributed by atoms with van der Waals surface area (Å²) < 4.78 is 36.4. The predicted octanol–water partition coefficient (Wildman–Crippen LogP) is 7.28. The SMILES string of the molecule is CCCc1cc(CCC)cc(C(=O)C(NS(=O)(=O)O)c2c(C(C)C)cc(C(C)C)cc2C(C)C)c1. The highest BCUT2D eigenvalue weighted by molar-refractivity contribution is 7.83. The average molecular weight is 502 g/mol. The summed E-state index contributed by atoms with van der Waals surface area (Å²) >= 11 is 0. The highest BCUT2D eigenvalue weighted by Crippen LogP contribution is 2.37. The van der Waals surface area contributed by atoms with Crippen molar-refractivity contribution in [2.45, 2.75) is 105 Å². The number of ketones is 1. The van der Waals surface area contributed by atoms with Gasteiger partial charge in [-0.2, -0.15) is 13.1 Å². The number of aryl methyl sites for hydroxylation is 2. The molecular weight excluding hydrogens is 458 g/mol. The molecule has 1 unspecified atom stereocenters. The van der Waals surface area contributed by atoms with E-state index >= 15 is 0 Å². The van der Waals surface area contributed by atoms with E-state index in [1.165, 1.54) is 0 Å². The Kier molecular flexibility index (Phi) is 10.3. The number of nitrogens with one attached hydrogen (secondary N) is 1. The van der Waals surface area contributed by atoms with Crippen molar-refractivity contribution in [1.29, 1.82) is 0 Å². The average Bonchev–Trinajstić information content (AvgIpc) is 2.75. The minimum Gasteiger partial charge on any atom is -0.292 e. The number of Topliss-reactive ketones (excluding diaryl/α,β-unsaturated/α-hetero) is 1. The Hall–Kier alpha value is -2.02. The molecule has 5 nitrogen and oxygen atoms in total. The second-order valence-electron chi connectivity index (χ2n) is 10.5. The van der Waals surface area contributed by atoms with Gasteiger partial charge in [0.2, 0.25) is 0 Å². The fourth-order valence-corrected chi connectivity index (χ4v) is 5.20. The molecule has 0 saturated heterocycles. The van der Waals surface area contributed by atoms with E-state index in [-0.39, 0.29) is 23.5 Å². The molecule has 0 radical (unpaired) electrons. The highest BCUT2D eigenvalue weighted by atomic mass is 32.2. The van der Waals surface area contributed by atoms with E-state index in [9.17, 15) is 17.8 Å². The van der Waals surface area contributed by atoms with Crippen LogP contribution < -0.4 is 4.72 Å². The zero-order chi connectivity index (χ0) is 26.5. The van der Waals surface area contributed by atoms with Crippen LogP contribution >= 0.6 is 0 Å². The first-order chi connectivity index (χ1) is 16.3. The van der Waals surface area contributed by atoms with Crippen molar-refractivity contribution in [3.05, 3.63) is 69.3 Å². The maximum Gasteiger partial charge on any atom is 0.334 e. The van der Waals surface area contributed by atoms with Crippen LogP contribution in [0.3, 0.4) is 0 Å². The third-order valence-electron chi connectivity index (χ3n) is 6.41. The second-order valence-corrected chi connectivity index (χ2v) is 11.7. The van der Waals surface area contributed by atoms with Gasteiger partial charge in [0.1, 0.15) is 6.04 Å². The molecule has 1 atom stereocenters. The Labute approximate surface area is 212 Å². The topological polar surface area (TPSA) is 83.5 Å². The van der Waals surface area contributed by atoms with Crippen LogP contribution in [0.25, 0.3) is 0 Å². The third-order valence-corrected chi connectivity index (χ3v) is 6.94. The number of hydrogen-bond acceptors (Lipinski definition) is 3. The van der Waals surface area contributed by atoms with Gasteiger partial charge >= 0.3 is 10.3 Å². The van der Waals surface area contributed by atoms with Crippen LogP contribution in [0.4, 0.5) is 0 Å². The molecule has 0 amide bonds. The molecule has 0 heterocycles. The van der Waals surface area contributed by atoms with Crippen molar-refractivity contribution in [3.8, 4) is 0 Å². The van der Waals surface area contributed by atoms with E-state index in [0.29, 0.717) is 11.1 Å². The van der Waals surface area contributed by atoms with E-state index < -0.39 is 16.3 Å². The van der Waals surface area contributed by atoms with Crippen LogP contribution in [-0.2, 0) is 23.1 Å². The molecule has 194 valence electrons. The lowest BCUT2D eigenvalue weighted by molar-refractivity contribution is 0.0950. The summed E-state index contributed by atoms with van der Waals surface area (Å²) in [5, 5.41) is 0. The number of hydrogen-bond donors (Lipinski definition) is 2. The largest absolute Gasteiger partial charge is 0.334 e. The van der Waals surface area contributed by atoms with E-state index in [1.54, 1.807) is 0 Å². The first-order valence-electron chi connectivity index (χ1n) is 12.9. The van der Waals surface area contributed by atoms with Gasteiger partial charge in [0.15, 0.2) is 5.78 Å². The Bertz CT molecular complexity index is 1080. The minimum atomic E-state index is -4.65. The summed E-state index contributed by atoms with van der Waals surface area (Å²) in [7, 11) is -4.65. The molecule has 0 aliphatic rings. The standard InChI is InChI=1S/C29H43NO4S/c1-9-11-21-13-22(12-10-2)15-24(14-21)29(31)28(30-35(32,33)34)27-25(19(5)6)16-23(18(3)4)17-26(27)20(7)8/h13-20,28,30H,9-12H2,1-8H3,(H,32,33,34). The smallest absolute Gasteiger partial charge is 0.292 e. The predicted molar refractivity (Wildman–Crippen MR) is 145 cm³/mol. The van der Waals surface area contributed by atoms with Gasteiger partial charge in [-0.05, 0) is 76.1 Å². The molecule has 0 saturated carbocycles. The summed E-state index contributed by atoms with van der Waals surface area (Å²) in [6, 6.07) is 8.82. The Morgan fingerprint density at radius 3 is 1.60 bits per heavy atom. The Morgan fingerprint density at radius 2 is 1.26 bits per heavy atom. The molecule has 2 N–H and O–H groups in total. The van der Waals surface area contributed by atoms with Crippen molar-refractivity contribution in [1.82, 2.24) is 4.72 Å². The molecule has 35 heavy (non-hydrogen) atoms. The van der Waals surface area contributed by atoms with Crippen LogP contribution in [-0.4, -0.2) is 18.8 Å². The normalized spacial score (nSPS) is 13.1. The quantitative estimate of drug-likeness (QED) is 0.236. The van der Waals surface area contributed by atoms with Crippen LogP contribution in [0.1, 0.15) is 136 Å². The van der Waals surface area contributed by atoms with Gasteiger partial charge in [-0.25, -0.2) is 0 Å². The molecule has 0 bridgehead atoms. The molecule has 0 aliphatic carbocycles. The first kappa shape index (κ1) is 29.2. The number of carbonyl (C=O) groups is 1. The van der Waals surface area contributed by atoms with Crippen molar-refractivity contribution in [2.75, 3.05) is 0 Å². The van der Waals surface area contributed by atoms with Crippen molar-refractivity contribution in [3.63, 3.8) is 0 Å². The van der Waals surface area contributed by atoms with Gasteiger partial charge in [-0.1, -0.05) is 86.4 Å². The molecule has 0 spiro atoms. The van der Waals surface area contributed by atoms with Crippen LogP contribution in [0.5, 0.6) is 0 Å². The second kappa shape index (κ2) is 12.3. The molecule has 2 rings (SSSR count).